The highest BCUT2D eigenvalue weighted by Gasteiger charge is 2.26. The number of hydrogen-bond acceptors (Lipinski definition) is 5. The van der Waals surface area contributed by atoms with Gasteiger partial charge in [-0.25, -0.2) is 18.7 Å². The average molecular weight is 473 g/mol. The summed E-state index contributed by atoms with van der Waals surface area (Å²) in [5, 5.41) is 0. The first-order valence-corrected chi connectivity index (χ1v) is 11.7. The zero-order valence-corrected chi connectivity index (χ0v) is 19.5. The molecular weight excluding hydrogens is 446 g/mol. The summed E-state index contributed by atoms with van der Waals surface area (Å²) in [5.74, 6) is 0.876. The molecule has 1 aliphatic heterocycles. The van der Waals surface area contributed by atoms with Crippen molar-refractivity contribution in [2.24, 2.45) is 0 Å². The van der Waals surface area contributed by atoms with E-state index in [0.717, 1.165) is 60.1 Å². The number of methoxy groups -OCH3 is 1. The molecule has 2 aromatic heterocycles. The van der Waals surface area contributed by atoms with Crippen molar-refractivity contribution >= 4 is 0 Å². The Morgan fingerprint density at radius 2 is 1.77 bits per heavy atom. The van der Waals surface area contributed by atoms with Crippen LogP contribution in [0.25, 0.3) is 22.5 Å². The molecule has 0 unspecified atom stereocenters. The fourth-order valence-corrected chi connectivity index (χ4v) is 4.63. The number of hydrogen-bond donors (Lipinski definition) is 0. The fraction of sp³-hybridized carbons (Fsp3) is 0.250. The zero-order valence-electron chi connectivity index (χ0n) is 19.5. The van der Waals surface area contributed by atoms with Gasteiger partial charge in [-0.05, 0) is 74.0 Å². The van der Waals surface area contributed by atoms with E-state index in [0.29, 0.717) is 17.9 Å². The minimum Gasteiger partial charge on any atom is -0.497 e. The van der Waals surface area contributed by atoms with E-state index in [1.165, 1.54) is 12.1 Å². The molecule has 1 aliphatic rings. The molecule has 0 aliphatic carbocycles. The Kier molecular flexibility index (Phi) is 6.77. The minimum absolute atomic E-state index is 0.216. The molecule has 0 saturated carbocycles. The van der Waals surface area contributed by atoms with Gasteiger partial charge in [-0.3, -0.25) is 9.88 Å². The highest BCUT2D eigenvalue weighted by molar-refractivity contribution is 5.69. The maximum atomic E-state index is 14.1. The van der Waals surface area contributed by atoms with Gasteiger partial charge in [-0.15, -0.1) is 0 Å². The monoisotopic (exact) mass is 472 g/mol. The first-order valence-electron chi connectivity index (χ1n) is 11.7. The van der Waals surface area contributed by atoms with Crippen LogP contribution in [0.3, 0.4) is 0 Å². The molecule has 5 nitrogen and oxygen atoms in total. The summed E-state index contributed by atoms with van der Waals surface area (Å²) in [5.41, 5.74) is 4.29. The van der Waals surface area contributed by atoms with Crippen LogP contribution in [0.1, 0.15) is 30.0 Å². The van der Waals surface area contributed by atoms with Gasteiger partial charge in [0.15, 0.2) is 5.82 Å². The Labute approximate surface area is 203 Å². The number of likely N-dealkylation sites (tertiary alicyclic amines) is 1. The molecule has 3 heterocycles. The smallest absolute Gasteiger partial charge is 0.159 e. The lowest BCUT2D eigenvalue weighted by atomic mass is 9.88. The number of halogens is 2. The first kappa shape index (κ1) is 23.1. The lowest BCUT2D eigenvalue weighted by molar-refractivity contribution is 0.201. The summed E-state index contributed by atoms with van der Waals surface area (Å²) in [6.45, 7) is 1.94. The van der Waals surface area contributed by atoms with Crippen LogP contribution >= 0.6 is 0 Å². The van der Waals surface area contributed by atoms with Crippen LogP contribution in [0, 0.1) is 11.6 Å². The summed E-state index contributed by atoms with van der Waals surface area (Å²) >= 11 is 0. The Hall–Kier alpha value is -3.71. The zero-order chi connectivity index (χ0) is 24.2. The fourth-order valence-electron chi connectivity index (χ4n) is 4.63. The van der Waals surface area contributed by atoms with Crippen LogP contribution < -0.4 is 4.74 Å². The molecule has 0 atom stereocenters. The van der Waals surface area contributed by atoms with Crippen LogP contribution in [0.5, 0.6) is 5.75 Å². The average Bonchev–Trinajstić information content (AvgIpc) is 2.91. The van der Waals surface area contributed by atoms with Gasteiger partial charge in [0.2, 0.25) is 0 Å². The van der Waals surface area contributed by atoms with Gasteiger partial charge in [0.1, 0.15) is 17.4 Å². The Balaban J connectivity index is 1.43. The van der Waals surface area contributed by atoms with Gasteiger partial charge in [0, 0.05) is 47.7 Å². The Bertz CT molecular complexity index is 1310. The first-order chi connectivity index (χ1) is 17.1. The van der Waals surface area contributed by atoms with Crippen molar-refractivity contribution in [3.05, 3.63) is 96.1 Å². The minimum atomic E-state index is -0.413. The molecule has 7 heteroatoms. The number of piperidine rings is 1. The number of rotatable bonds is 6. The Morgan fingerprint density at radius 3 is 2.54 bits per heavy atom. The molecule has 2 aromatic carbocycles. The summed E-state index contributed by atoms with van der Waals surface area (Å²) in [7, 11) is 1.65. The van der Waals surface area contributed by atoms with Crippen molar-refractivity contribution in [2.45, 2.75) is 25.3 Å². The van der Waals surface area contributed by atoms with E-state index >= 15 is 0 Å². The molecule has 35 heavy (non-hydrogen) atoms. The van der Waals surface area contributed by atoms with Crippen molar-refractivity contribution in [1.82, 2.24) is 19.9 Å². The van der Waals surface area contributed by atoms with Gasteiger partial charge < -0.3 is 4.74 Å². The third-order valence-electron chi connectivity index (χ3n) is 6.51. The predicted octanol–water partition coefficient (Wildman–Crippen LogP) is 5.87. The number of benzene rings is 2. The summed E-state index contributed by atoms with van der Waals surface area (Å²) in [6.07, 6.45) is 7.08. The highest BCUT2D eigenvalue weighted by atomic mass is 19.1. The van der Waals surface area contributed by atoms with E-state index in [1.807, 2.05) is 42.6 Å². The molecule has 0 bridgehead atoms. The topological polar surface area (TPSA) is 51.1 Å². The molecule has 0 spiro atoms. The maximum Gasteiger partial charge on any atom is 0.159 e. The van der Waals surface area contributed by atoms with Gasteiger partial charge in [-0.2, -0.15) is 0 Å². The molecule has 0 N–H and O–H groups in total. The molecule has 4 aromatic rings. The van der Waals surface area contributed by atoms with Gasteiger partial charge in [0.05, 0.1) is 12.8 Å². The predicted molar refractivity (Wildman–Crippen MR) is 131 cm³/mol. The molecule has 0 amide bonds. The SMILES string of the molecule is COc1cccc(-c2cnc(-c3ccncc3)nc2C2CCN(Cc3cc(F)ccc3F)CC2)c1. The van der Waals surface area contributed by atoms with Crippen LogP contribution in [0.4, 0.5) is 8.78 Å². The molecule has 1 fully saturated rings. The van der Waals surface area contributed by atoms with Crippen molar-refractivity contribution in [3.63, 3.8) is 0 Å². The van der Waals surface area contributed by atoms with E-state index in [4.69, 9.17) is 9.72 Å². The standard InChI is InChI=1S/C28H26F2N4O/c1-35-24-4-2-3-21(16-24)25-17-32-28(20-7-11-31-12-8-20)33-27(25)19-9-13-34(14-10-19)18-22-15-23(29)5-6-26(22)30/h2-8,11-12,15-17,19H,9-10,13-14,18H2,1H3. The molecule has 1 saturated heterocycles. The summed E-state index contributed by atoms with van der Waals surface area (Å²) in [4.78, 5) is 16.0. The third kappa shape index (κ3) is 5.20. The lowest BCUT2D eigenvalue weighted by Crippen LogP contribution is -2.33. The third-order valence-corrected chi connectivity index (χ3v) is 6.51. The second-order valence-electron chi connectivity index (χ2n) is 8.75. The Morgan fingerprint density at radius 1 is 0.971 bits per heavy atom. The van der Waals surface area contributed by atoms with E-state index in [1.54, 1.807) is 19.5 Å². The van der Waals surface area contributed by atoms with Gasteiger partial charge in [0.25, 0.3) is 0 Å². The lowest BCUT2D eigenvalue weighted by Gasteiger charge is -2.32. The van der Waals surface area contributed by atoms with Gasteiger partial charge in [-0.1, -0.05) is 12.1 Å². The van der Waals surface area contributed by atoms with Crippen molar-refractivity contribution in [1.29, 1.82) is 0 Å². The van der Waals surface area contributed by atoms with Crippen LogP contribution in [0.2, 0.25) is 0 Å². The number of ether oxygens (including phenoxy) is 1. The van der Waals surface area contributed by atoms with Crippen LogP contribution in [0.15, 0.2) is 73.2 Å². The van der Waals surface area contributed by atoms with Crippen molar-refractivity contribution in [3.8, 4) is 28.3 Å². The van der Waals surface area contributed by atoms with Gasteiger partial charge >= 0.3 is 0 Å². The van der Waals surface area contributed by atoms with E-state index in [9.17, 15) is 8.78 Å². The summed E-state index contributed by atoms with van der Waals surface area (Å²) < 4.78 is 33.2. The van der Waals surface area contributed by atoms with E-state index in [2.05, 4.69) is 14.9 Å². The van der Waals surface area contributed by atoms with Crippen LogP contribution in [-0.4, -0.2) is 40.1 Å². The van der Waals surface area contributed by atoms with Crippen molar-refractivity contribution in [2.75, 3.05) is 20.2 Å². The van der Waals surface area contributed by atoms with Crippen LogP contribution in [-0.2, 0) is 6.54 Å². The normalized spacial score (nSPS) is 14.7. The number of pyridine rings is 1. The number of nitrogens with zero attached hydrogens (tertiary/aromatic N) is 4. The summed E-state index contributed by atoms with van der Waals surface area (Å²) in [6, 6.07) is 15.4. The van der Waals surface area contributed by atoms with E-state index in [-0.39, 0.29) is 11.7 Å². The molecule has 178 valence electrons. The molecule has 5 rings (SSSR count). The van der Waals surface area contributed by atoms with Crippen molar-refractivity contribution < 1.29 is 13.5 Å². The molecular formula is C28H26F2N4O. The molecule has 0 radical (unpaired) electrons. The highest BCUT2D eigenvalue weighted by Crippen LogP contribution is 2.36. The second-order valence-corrected chi connectivity index (χ2v) is 8.75. The quantitative estimate of drug-likeness (QED) is 0.351. The second kappa shape index (κ2) is 10.3. The maximum absolute atomic E-state index is 14.1. The largest absolute Gasteiger partial charge is 0.497 e. The number of aromatic nitrogens is 3. The van der Waals surface area contributed by atoms with E-state index < -0.39 is 5.82 Å².